The van der Waals surface area contributed by atoms with Crippen LogP contribution in [0.25, 0.3) is 0 Å². The van der Waals surface area contributed by atoms with Gasteiger partial charge in [-0.15, -0.1) is 0 Å². The van der Waals surface area contributed by atoms with Gasteiger partial charge in [-0.25, -0.2) is 4.39 Å². The Morgan fingerprint density at radius 1 is 1.55 bits per heavy atom. The second-order valence-electron chi connectivity index (χ2n) is 2.24. The maximum absolute atomic E-state index is 12.8. The van der Waals surface area contributed by atoms with E-state index >= 15 is 0 Å². The van der Waals surface area contributed by atoms with Gasteiger partial charge in [-0.05, 0) is 18.6 Å². The van der Waals surface area contributed by atoms with Gasteiger partial charge in [-0.3, -0.25) is 0 Å². The number of benzene rings is 1. The number of phenols is 1. The number of nitriles is 1. The lowest BCUT2D eigenvalue weighted by Gasteiger charge is -1.98. The van der Waals surface area contributed by atoms with E-state index in [1.807, 2.05) is 0 Å². The van der Waals surface area contributed by atoms with Gasteiger partial charge in [-0.2, -0.15) is 5.26 Å². The molecule has 0 saturated carbocycles. The molecule has 3 heteroatoms. The van der Waals surface area contributed by atoms with Crippen molar-refractivity contribution < 1.29 is 9.50 Å². The highest BCUT2D eigenvalue weighted by Crippen LogP contribution is 2.18. The van der Waals surface area contributed by atoms with E-state index < -0.39 is 5.82 Å². The Hall–Kier alpha value is -1.56. The zero-order chi connectivity index (χ0) is 8.43. The van der Waals surface area contributed by atoms with Crippen molar-refractivity contribution in [2.45, 2.75) is 6.92 Å². The summed E-state index contributed by atoms with van der Waals surface area (Å²) in [7, 11) is 0. The highest BCUT2D eigenvalue weighted by molar-refractivity contribution is 5.40. The summed E-state index contributed by atoms with van der Waals surface area (Å²) in [6.45, 7) is 1.50. The first kappa shape index (κ1) is 7.55. The summed E-state index contributed by atoms with van der Waals surface area (Å²) in [6.07, 6.45) is 0. The third kappa shape index (κ3) is 1.30. The first-order chi connectivity index (χ1) is 5.15. The molecular weight excluding hydrogens is 145 g/mol. The van der Waals surface area contributed by atoms with Crippen LogP contribution in [0.5, 0.6) is 5.75 Å². The molecule has 11 heavy (non-hydrogen) atoms. The fourth-order valence-electron chi connectivity index (χ4n) is 0.832. The molecule has 0 aliphatic heterocycles. The van der Waals surface area contributed by atoms with Crippen LogP contribution in [0.15, 0.2) is 12.1 Å². The first-order valence-corrected chi connectivity index (χ1v) is 3.04. The summed E-state index contributed by atoms with van der Waals surface area (Å²) < 4.78 is 12.8. The maximum Gasteiger partial charge on any atom is 0.144 e. The molecule has 1 aromatic rings. The number of aryl methyl sites for hydroxylation is 1. The van der Waals surface area contributed by atoms with Gasteiger partial charge in [0.2, 0.25) is 0 Å². The number of halogens is 1. The average Bonchev–Trinajstić information content (AvgIpc) is 1.96. The second-order valence-corrected chi connectivity index (χ2v) is 2.24. The van der Waals surface area contributed by atoms with Crippen LogP contribution in [0.1, 0.15) is 11.1 Å². The minimum atomic E-state index is -0.565. The normalized spacial score (nSPS) is 9.18. The molecule has 0 saturated heterocycles. The Morgan fingerprint density at radius 3 is 2.73 bits per heavy atom. The van der Waals surface area contributed by atoms with Gasteiger partial charge >= 0.3 is 0 Å². The quantitative estimate of drug-likeness (QED) is 0.613. The molecule has 0 radical (unpaired) electrons. The summed E-state index contributed by atoms with van der Waals surface area (Å²) in [6, 6.07) is 4.02. The molecule has 0 unspecified atom stereocenters. The summed E-state index contributed by atoms with van der Waals surface area (Å²) in [5, 5.41) is 17.3. The Kier molecular flexibility index (Phi) is 1.77. The van der Waals surface area contributed by atoms with Crippen molar-refractivity contribution in [2.24, 2.45) is 0 Å². The van der Waals surface area contributed by atoms with Gasteiger partial charge < -0.3 is 5.11 Å². The summed E-state index contributed by atoms with van der Waals surface area (Å²) in [5.74, 6) is -0.647. The molecule has 2 nitrogen and oxygen atoms in total. The lowest BCUT2D eigenvalue weighted by atomic mass is 10.1. The van der Waals surface area contributed by atoms with Crippen molar-refractivity contribution in [3.05, 3.63) is 29.1 Å². The molecule has 0 heterocycles. The predicted molar refractivity (Wildman–Crippen MR) is 37.5 cm³/mol. The van der Waals surface area contributed by atoms with E-state index in [1.165, 1.54) is 13.0 Å². The standard InChI is InChI=1S/C8H6FNO/c1-5-2-7(11)3-6(4-10)8(5)9/h2-3,11H,1H3. The molecule has 0 spiro atoms. The largest absolute Gasteiger partial charge is 0.508 e. The molecule has 0 bridgehead atoms. The van der Waals surface area contributed by atoms with Gasteiger partial charge in [0, 0.05) is 6.07 Å². The van der Waals surface area contributed by atoms with Crippen LogP contribution in [0.4, 0.5) is 4.39 Å². The fraction of sp³-hybridized carbons (Fsp3) is 0.125. The molecule has 56 valence electrons. The molecular formula is C8H6FNO. The molecule has 1 aromatic carbocycles. The number of hydrogen-bond donors (Lipinski definition) is 1. The molecule has 0 atom stereocenters. The SMILES string of the molecule is Cc1cc(O)cc(C#N)c1F. The van der Waals surface area contributed by atoms with E-state index in [9.17, 15) is 4.39 Å². The average molecular weight is 151 g/mol. The van der Waals surface area contributed by atoms with Crippen molar-refractivity contribution in [2.75, 3.05) is 0 Å². The Labute approximate surface area is 63.5 Å². The summed E-state index contributed by atoms with van der Waals surface area (Å²) in [5.41, 5.74) is 0.157. The van der Waals surface area contributed by atoms with E-state index in [1.54, 1.807) is 6.07 Å². The van der Waals surface area contributed by atoms with Gasteiger partial charge in [0.15, 0.2) is 0 Å². The van der Waals surface area contributed by atoms with E-state index in [0.29, 0.717) is 0 Å². The lowest BCUT2D eigenvalue weighted by molar-refractivity contribution is 0.471. The molecule has 0 aliphatic carbocycles. The minimum absolute atomic E-state index is 0.0829. The van der Waals surface area contributed by atoms with Crippen molar-refractivity contribution in [3.63, 3.8) is 0 Å². The smallest absolute Gasteiger partial charge is 0.144 e. The van der Waals surface area contributed by atoms with Crippen LogP contribution in [0.2, 0.25) is 0 Å². The number of nitrogens with zero attached hydrogens (tertiary/aromatic N) is 1. The molecule has 0 fully saturated rings. The fourth-order valence-corrected chi connectivity index (χ4v) is 0.832. The topological polar surface area (TPSA) is 44.0 Å². The Morgan fingerprint density at radius 2 is 2.18 bits per heavy atom. The number of aromatic hydroxyl groups is 1. The molecule has 1 N–H and O–H groups in total. The van der Waals surface area contributed by atoms with Crippen LogP contribution < -0.4 is 0 Å². The monoisotopic (exact) mass is 151 g/mol. The Bertz CT molecular complexity index is 328. The Balaban J connectivity index is 3.39. The zero-order valence-electron chi connectivity index (χ0n) is 5.93. The van der Waals surface area contributed by atoms with Crippen molar-refractivity contribution in [3.8, 4) is 11.8 Å². The van der Waals surface area contributed by atoms with Gasteiger partial charge in [-0.1, -0.05) is 0 Å². The summed E-state index contributed by atoms with van der Waals surface area (Å²) in [4.78, 5) is 0. The van der Waals surface area contributed by atoms with Crippen LogP contribution in [0.3, 0.4) is 0 Å². The van der Waals surface area contributed by atoms with Crippen LogP contribution in [-0.2, 0) is 0 Å². The van der Waals surface area contributed by atoms with Crippen molar-refractivity contribution >= 4 is 0 Å². The number of hydrogen-bond acceptors (Lipinski definition) is 2. The van der Waals surface area contributed by atoms with Crippen LogP contribution in [0, 0.1) is 24.1 Å². The highest BCUT2D eigenvalue weighted by Gasteiger charge is 2.05. The van der Waals surface area contributed by atoms with E-state index in [0.717, 1.165) is 6.07 Å². The zero-order valence-corrected chi connectivity index (χ0v) is 5.93. The van der Waals surface area contributed by atoms with Gasteiger partial charge in [0.05, 0.1) is 5.56 Å². The number of phenolic OH excluding ortho intramolecular Hbond substituents is 1. The van der Waals surface area contributed by atoms with Gasteiger partial charge in [0.25, 0.3) is 0 Å². The van der Waals surface area contributed by atoms with Gasteiger partial charge in [0.1, 0.15) is 17.6 Å². The van der Waals surface area contributed by atoms with Crippen LogP contribution in [-0.4, -0.2) is 5.11 Å². The summed E-state index contributed by atoms with van der Waals surface area (Å²) >= 11 is 0. The molecule has 0 aliphatic rings. The predicted octanol–water partition coefficient (Wildman–Crippen LogP) is 1.71. The van der Waals surface area contributed by atoms with Crippen LogP contribution >= 0.6 is 0 Å². The van der Waals surface area contributed by atoms with E-state index in [4.69, 9.17) is 10.4 Å². The third-order valence-electron chi connectivity index (χ3n) is 1.36. The number of rotatable bonds is 0. The molecule has 0 aromatic heterocycles. The lowest BCUT2D eigenvalue weighted by Crippen LogP contribution is -1.87. The van der Waals surface area contributed by atoms with Crippen molar-refractivity contribution in [1.82, 2.24) is 0 Å². The first-order valence-electron chi connectivity index (χ1n) is 3.04. The third-order valence-corrected chi connectivity index (χ3v) is 1.36. The highest BCUT2D eigenvalue weighted by atomic mass is 19.1. The maximum atomic E-state index is 12.8. The van der Waals surface area contributed by atoms with Crippen molar-refractivity contribution in [1.29, 1.82) is 5.26 Å². The molecule has 1 rings (SSSR count). The minimum Gasteiger partial charge on any atom is -0.508 e. The van der Waals surface area contributed by atoms with E-state index in [2.05, 4.69) is 0 Å². The molecule has 0 amide bonds. The second kappa shape index (κ2) is 2.59. The van der Waals surface area contributed by atoms with E-state index in [-0.39, 0.29) is 16.9 Å².